The number of nitrogens with zero attached hydrogens (tertiary/aromatic N) is 1. The number of nitrogens with one attached hydrogen (secondary N) is 1. The average Bonchev–Trinajstić information content (AvgIpc) is 2.46. The number of benzene rings is 1. The fourth-order valence-corrected chi connectivity index (χ4v) is 1.96. The van der Waals surface area contributed by atoms with Gasteiger partial charge in [-0.2, -0.15) is 0 Å². The van der Waals surface area contributed by atoms with Crippen molar-refractivity contribution in [3.05, 3.63) is 29.6 Å². The zero-order valence-corrected chi connectivity index (χ0v) is 12.6. The molecular weight excluding hydrogens is 259 g/mol. The van der Waals surface area contributed by atoms with Gasteiger partial charge in [0.05, 0.1) is 13.2 Å². The molecule has 0 bridgehead atoms. The van der Waals surface area contributed by atoms with Gasteiger partial charge in [0.1, 0.15) is 11.6 Å². The molecule has 1 amide bonds. The standard InChI is InChI=1S/C15H23FN2O2/c1-5-18(6-2)15(19)11(3)17-10-12-7-8-13(20-4)9-14(12)16/h7-9,11,17H,5-6,10H2,1-4H3. The van der Waals surface area contributed by atoms with Crippen LogP contribution in [0.5, 0.6) is 5.75 Å². The highest BCUT2D eigenvalue weighted by atomic mass is 19.1. The van der Waals surface area contributed by atoms with Gasteiger partial charge < -0.3 is 15.0 Å². The van der Waals surface area contributed by atoms with Crippen LogP contribution in [-0.2, 0) is 11.3 Å². The molecule has 0 aliphatic heterocycles. The van der Waals surface area contributed by atoms with E-state index < -0.39 is 0 Å². The molecular formula is C15H23FN2O2. The number of methoxy groups -OCH3 is 1. The third-order valence-electron chi connectivity index (χ3n) is 3.30. The normalized spacial score (nSPS) is 12.1. The lowest BCUT2D eigenvalue weighted by molar-refractivity contribution is -0.132. The number of ether oxygens (including phenoxy) is 1. The van der Waals surface area contributed by atoms with Crippen LogP contribution in [0, 0.1) is 5.82 Å². The van der Waals surface area contributed by atoms with E-state index >= 15 is 0 Å². The number of halogens is 1. The molecule has 0 aliphatic carbocycles. The van der Waals surface area contributed by atoms with Gasteiger partial charge in [0.15, 0.2) is 0 Å². The maximum absolute atomic E-state index is 13.8. The molecule has 0 aliphatic rings. The molecule has 4 nitrogen and oxygen atoms in total. The van der Waals surface area contributed by atoms with Gasteiger partial charge in [-0.25, -0.2) is 4.39 Å². The van der Waals surface area contributed by atoms with Gasteiger partial charge in [-0.1, -0.05) is 6.07 Å². The highest BCUT2D eigenvalue weighted by Gasteiger charge is 2.17. The van der Waals surface area contributed by atoms with Crippen LogP contribution in [-0.4, -0.2) is 37.0 Å². The van der Waals surface area contributed by atoms with E-state index in [0.29, 0.717) is 30.9 Å². The Bertz CT molecular complexity index is 447. The first-order valence-corrected chi connectivity index (χ1v) is 6.88. The third kappa shape index (κ3) is 4.20. The van der Waals surface area contributed by atoms with Crippen LogP contribution in [0.1, 0.15) is 26.3 Å². The van der Waals surface area contributed by atoms with Crippen molar-refractivity contribution in [1.29, 1.82) is 0 Å². The van der Waals surface area contributed by atoms with Crippen molar-refractivity contribution in [3.8, 4) is 5.75 Å². The van der Waals surface area contributed by atoms with Crippen LogP contribution < -0.4 is 10.1 Å². The molecule has 1 atom stereocenters. The molecule has 0 saturated heterocycles. The van der Waals surface area contributed by atoms with Gasteiger partial charge in [-0.3, -0.25) is 4.79 Å². The number of hydrogen-bond donors (Lipinski definition) is 1. The van der Waals surface area contributed by atoms with Crippen LogP contribution in [0.4, 0.5) is 4.39 Å². The Morgan fingerprint density at radius 2 is 2.05 bits per heavy atom. The molecule has 0 aromatic heterocycles. The molecule has 1 rings (SSSR count). The maximum Gasteiger partial charge on any atom is 0.239 e. The number of amides is 1. The first-order chi connectivity index (χ1) is 9.53. The third-order valence-corrected chi connectivity index (χ3v) is 3.30. The molecule has 20 heavy (non-hydrogen) atoms. The molecule has 0 spiro atoms. The van der Waals surface area contributed by atoms with Gasteiger partial charge in [0.2, 0.25) is 5.91 Å². The average molecular weight is 282 g/mol. The van der Waals surface area contributed by atoms with Crippen molar-refractivity contribution in [2.24, 2.45) is 0 Å². The van der Waals surface area contributed by atoms with E-state index in [1.54, 1.807) is 24.0 Å². The summed E-state index contributed by atoms with van der Waals surface area (Å²) in [5.41, 5.74) is 0.519. The number of carbonyl (C=O) groups is 1. The molecule has 5 heteroatoms. The first kappa shape index (κ1) is 16.4. The van der Waals surface area contributed by atoms with Crippen molar-refractivity contribution in [3.63, 3.8) is 0 Å². The molecule has 112 valence electrons. The number of likely N-dealkylation sites (N-methyl/N-ethyl adjacent to an activating group) is 1. The van der Waals surface area contributed by atoms with Crippen molar-refractivity contribution in [2.75, 3.05) is 20.2 Å². The molecule has 0 fully saturated rings. The maximum atomic E-state index is 13.8. The predicted octanol–water partition coefficient (Wildman–Crippen LogP) is 2.18. The molecule has 1 N–H and O–H groups in total. The van der Waals surface area contributed by atoms with Gasteiger partial charge in [0.25, 0.3) is 0 Å². The second kappa shape index (κ2) is 7.85. The van der Waals surface area contributed by atoms with E-state index in [-0.39, 0.29) is 17.8 Å². The summed E-state index contributed by atoms with van der Waals surface area (Å²) in [4.78, 5) is 13.8. The predicted molar refractivity (Wildman–Crippen MR) is 77.2 cm³/mol. The fourth-order valence-electron chi connectivity index (χ4n) is 1.96. The van der Waals surface area contributed by atoms with Crippen LogP contribution in [0.15, 0.2) is 18.2 Å². The van der Waals surface area contributed by atoms with Crippen molar-refractivity contribution in [2.45, 2.75) is 33.4 Å². The second-order valence-corrected chi connectivity index (χ2v) is 4.57. The summed E-state index contributed by atoms with van der Waals surface area (Å²) < 4.78 is 18.7. The van der Waals surface area contributed by atoms with Crippen LogP contribution in [0.25, 0.3) is 0 Å². The summed E-state index contributed by atoms with van der Waals surface area (Å²) in [7, 11) is 1.50. The second-order valence-electron chi connectivity index (χ2n) is 4.57. The Kier molecular flexibility index (Phi) is 6.45. The summed E-state index contributed by atoms with van der Waals surface area (Å²) in [6.45, 7) is 7.34. The van der Waals surface area contributed by atoms with E-state index in [4.69, 9.17) is 4.74 Å². The van der Waals surface area contributed by atoms with E-state index in [1.807, 2.05) is 13.8 Å². The summed E-state index contributed by atoms with van der Waals surface area (Å²) >= 11 is 0. The number of rotatable bonds is 7. The van der Waals surface area contributed by atoms with E-state index in [9.17, 15) is 9.18 Å². The largest absolute Gasteiger partial charge is 0.497 e. The fraction of sp³-hybridized carbons (Fsp3) is 0.533. The minimum atomic E-state index is -0.337. The number of hydrogen-bond acceptors (Lipinski definition) is 3. The topological polar surface area (TPSA) is 41.6 Å². The highest BCUT2D eigenvalue weighted by molar-refractivity contribution is 5.81. The molecule has 1 aromatic rings. The lowest BCUT2D eigenvalue weighted by atomic mass is 10.2. The lowest BCUT2D eigenvalue weighted by Gasteiger charge is -2.23. The smallest absolute Gasteiger partial charge is 0.239 e. The quantitative estimate of drug-likeness (QED) is 0.833. The summed E-state index contributed by atoms with van der Waals surface area (Å²) in [5, 5.41) is 3.05. The summed E-state index contributed by atoms with van der Waals surface area (Å²) in [6, 6.07) is 4.37. The zero-order chi connectivity index (χ0) is 15.1. The number of carbonyl (C=O) groups excluding carboxylic acids is 1. The van der Waals surface area contributed by atoms with Gasteiger partial charge >= 0.3 is 0 Å². The molecule has 1 unspecified atom stereocenters. The Labute approximate surface area is 119 Å². The minimum Gasteiger partial charge on any atom is -0.497 e. The molecule has 0 heterocycles. The highest BCUT2D eigenvalue weighted by Crippen LogP contribution is 2.16. The summed E-state index contributed by atoms with van der Waals surface area (Å²) in [5.74, 6) is 0.182. The van der Waals surface area contributed by atoms with E-state index in [1.165, 1.54) is 13.2 Å². The molecule has 0 radical (unpaired) electrons. The van der Waals surface area contributed by atoms with E-state index in [0.717, 1.165) is 0 Å². The molecule has 1 aromatic carbocycles. The Balaban J connectivity index is 2.60. The van der Waals surface area contributed by atoms with Crippen molar-refractivity contribution < 1.29 is 13.9 Å². The Morgan fingerprint density at radius 1 is 1.40 bits per heavy atom. The van der Waals surface area contributed by atoms with Crippen LogP contribution >= 0.6 is 0 Å². The van der Waals surface area contributed by atoms with E-state index in [2.05, 4.69) is 5.32 Å². The Hall–Kier alpha value is -1.62. The lowest BCUT2D eigenvalue weighted by Crippen LogP contribution is -2.44. The minimum absolute atomic E-state index is 0.0314. The molecule has 0 saturated carbocycles. The summed E-state index contributed by atoms with van der Waals surface area (Å²) in [6.07, 6.45) is 0. The van der Waals surface area contributed by atoms with Crippen LogP contribution in [0.3, 0.4) is 0 Å². The van der Waals surface area contributed by atoms with Crippen molar-refractivity contribution >= 4 is 5.91 Å². The van der Waals surface area contributed by atoms with Gasteiger partial charge in [-0.05, 0) is 26.8 Å². The first-order valence-electron chi connectivity index (χ1n) is 6.88. The van der Waals surface area contributed by atoms with Crippen molar-refractivity contribution in [1.82, 2.24) is 10.2 Å². The monoisotopic (exact) mass is 282 g/mol. The zero-order valence-electron chi connectivity index (χ0n) is 12.6. The Morgan fingerprint density at radius 3 is 2.55 bits per heavy atom. The van der Waals surface area contributed by atoms with Gasteiger partial charge in [0, 0.05) is 31.3 Å². The van der Waals surface area contributed by atoms with Crippen LogP contribution in [0.2, 0.25) is 0 Å². The SMILES string of the molecule is CCN(CC)C(=O)C(C)NCc1ccc(OC)cc1F. The van der Waals surface area contributed by atoms with Gasteiger partial charge in [-0.15, -0.1) is 0 Å².